The van der Waals surface area contributed by atoms with E-state index in [4.69, 9.17) is 4.98 Å². The Kier molecular flexibility index (Phi) is 5.99. The molecule has 1 N–H and O–H groups in total. The highest BCUT2D eigenvalue weighted by Gasteiger charge is 2.21. The van der Waals surface area contributed by atoms with Gasteiger partial charge in [0.15, 0.2) is 0 Å². The number of hydrogen-bond donors (Lipinski definition) is 1. The third-order valence-electron chi connectivity index (χ3n) is 3.13. The van der Waals surface area contributed by atoms with Crippen LogP contribution >= 0.6 is 0 Å². The van der Waals surface area contributed by atoms with Gasteiger partial charge < -0.3 is 10.2 Å². The van der Waals surface area contributed by atoms with E-state index < -0.39 is 0 Å². The van der Waals surface area contributed by atoms with Gasteiger partial charge in [-0.2, -0.15) is 0 Å². The molecule has 0 atom stereocenters. The average molecular weight is 292 g/mol. The van der Waals surface area contributed by atoms with Crippen molar-refractivity contribution >= 4 is 11.6 Å². The highest BCUT2D eigenvalue weighted by molar-refractivity contribution is 5.49. The minimum Gasteiger partial charge on any atom is -0.373 e. The Morgan fingerprint density at radius 2 is 1.57 bits per heavy atom. The van der Waals surface area contributed by atoms with Gasteiger partial charge in [-0.15, -0.1) is 0 Å². The van der Waals surface area contributed by atoms with E-state index in [1.807, 2.05) is 7.05 Å². The summed E-state index contributed by atoms with van der Waals surface area (Å²) in [6, 6.07) is 2.06. The molecule has 0 unspecified atom stereocenters. The highest BCUT2D eigenvalue weighted by atomic mass is 15.2. The van der Waals surface area contributed by atoms with Gasteiger partial charge in [-0.3, -0.25) is 0 Å². The van der Waals surface area contributed by atoms with Gasteiger partial charge >= 0.3 is 0 Å². The van der Waals surface area contributed by atoms with E-state index in [2.05, 4.69) is 69.7 Å². The summed E-state index contributed by atoms with van der Waals surface area (Å²) < 4.78 is 0. The minimum absolute atomic E-state index is 0.0526. The molecule has 1 aromatic heterocycles. The summed E-state index contributed by atoms with van der Waals surface area (Å²) in [5, 5.41) is 3.16. The smallest absolute Gasteiger partial charge is 0.138 e. The maximum Gasteiger partial charge on any atom is 0.138 e. The molecule has 0 fully saturated rings. The fourth-order valence-electron chi connectivity index (χ4n) is 2.20. The Labute approximate surface area is 130 Å². The summed E-state index contributed by atoms with van der Waals surface area (Å²) in [5.41, 5.74) is -0.0526. The van der Waals surface area contributed by atoms with E-state index in [1.165, 1.54) is 0 Å². The molecule has 1 rings (SSSR count). The molecule has 120 valence electrons. The second kappa shape index (κ2) is 7.10. The molecular formula is C17H32N4. The molecule has 0 spiro atoms. The van der Waals surface area contributed by atoms with Gasteiger partial charge in [0.2, 0.25) is 0 Å². The lowest BCUT2D eigenvalue weighted by Crippen LogP contribution is -2.33. The molecule has 1 aromatic rings. The van der Waals surface area contributed by atoms with Gasteiger partial charge in [-0.25, -0.2) is 9.97 Å². The van der Waals surface area contributed by atoms with Gasteiger partial charge in [0.1, 0.15) is 17.5 Å². The van der Waals surface area contributed by atoms with Crippen LogP contribution in [0, 0.1) is 11.8 Å². The summed E-state index contributed by atoms with van der Waals surface area (Å²) >= 11 is 0. The number of anilines is 2. The van der Waals surface area contributed by atoms with Gasteiger partial charge in [-0.1, -0.05) is 48.5 Å². The number of nitrogens with one attached hydrogen (secondary N) is 1. The first kappa shape index (κ1) is 17.7. The molecule has 0 saturated heterocycles. The molecule has 1 heterocycles. The van der Waals surface area contributed by atoms with Crippen LogP contribution in [0.5, 0.6) is 0 Å². The van der Waals surface area contributed by atoms with Crippen LogP contribution in [0.4, 0.5) is 11.6 Å². The zero-order chi connectivity index (χ0) is 16.2. The fourth-order valence-corrected chi connectivity index (χ4v) is 2.20. The average Bonchev–Trinajstić information content (AvgIpc) is 2.35. The standard InChI is InChI=1S/C17H32N4/c1-12(2)10-21(11-13(3)4)15-9-14(18-8)19-16(20-15)17(5,6)7/h9,12-13H,10-11H2,1-8H3,(H,18,19,20). The van der Waals surface area contributed by atoms with E-state index >= 15 is 0 Å². The van der Waals surface area contributed by atoms with Crippen molar-refractivity contribution in [2.24, 2.45) is 11.8 Å². The molecule has 0 bridgehead atoms. The first-order valence-corrected chi connectivity index (χ1v) is 7.95. The van der Waals surface area contributed by atoms with Gasteiger partial charge in [0.05, 0.1) is 0 Å². The number of nitrogens with zero attached hydrogens (tertiary/aromatic N) is 3. The minimum atomic E-state index is -0.0526. The topological polar surface area (TPSA) is 41.0 Å². The predicted molar refractivity (Wildman–Crippen MR) is 92.2 cm³/mol. The lowest BCUT2D eigenvalue weighted by molar-refractivity contribution is 0.529. The summed E-state index contributed by atoms with van der Waals surface area (Å²) in [6.07, 6.45) is 0. The van der Waals surface area contributed by atoms with Crippen molar-refractivity contribution in [1.29, 1.82) is 0 Å². The van der Waals surface area contributed by atoms with Crippen LogP contribution in [0.1, 0.15) is 54.3 Å². The van der Waals surface area contributed by atoms with Crippen molar-refractivity contribution in [1.82, 2.24) is 9.97 Å². The van der Waals surface area contributed by atoms with E-state index in [0.29, 0.717) is 11.8 Å². The molecule has 0 aliphatic rings. The monoisotopic (exact) mass is 292 g/mol. The molecule has 21 heavy (non-hydrogen) atoms. The van der Waals surface area contributed by atoms with Crippen molar-refractivity contribution in [3.63, 3.8) is 0 Å². The van der Waals surface area contributed by atoms with Crippen LogP contribution in [0.15, 0.2) is 6.07 Å². The van der Waals surface area contributed by atoms with Crippen LogP contribution in [-0.4, -0.2) is 30.1 Å². The molecule has 4 nitrogen and oxygen atoms in total. The molecular weight excluding hydrogens is 260 g/mol. The lowest BCUT2D eigenvalue weighted by Gasteiger charge is -2.29. The Bertz CT molecular complexity index is 437. The third kappa shape index (κ3) is 5.52. The van der Waals surface area contributed by atoms with Crippen molar-refractivity contribution in [3.05, 3.63) is 11.9 Å². The third-order valence-corrected chi connectivity index (χ3v) is 3.13. The van der Waals surface area contributed by atoms with E-state index in [1.54, 1.807) is 0 Å². The first-order chi connectivity index (χ1) is 9.63. The predicted octanol–water partition coefficient (Wildman–Crippen LogP) is 3.93. The lowest BCUT2D eigenvalue weighted by atomic mass is 9.95. The van der Waals surface area contributed by atoms with Gasteiger partial charge in [-0.05, 0) is 11.8 Å². The van der Waals surface area contributed by atoms with E-state index in [9.17, 15) is 0 Å². The zero-order valence-electron chi connectivity index (χ0n) is 15.0. The molecule has 0 aliphatic carbocycles. The van der Waals surface area contributed by atoms with Gasteiger partial charge in [0, 0.05) is 31.6 Å². The fraction of sp³-hybridized carbons (Fsp3) is 0.765. The second-order valence-electron chi connectivity index (χ2n) is 7.63. The van der Waals surface area contributed by atoms with Crippen LogP contribution in [-0.2, 0) is 5.41 Å². The van der Waals surface area contributed by atoms with Gasteiger partial charge in [0.25, 0.3) is 0 Å². The zero-order valence-corrected chi connectivity index (χ0v) is 15.0. The molecule has 0 radical (unpaired) electrons. The molecule has 4 heteroatoms. The SMILES string of the molecule is CNc1cc(N(CC(C)C)CC(C)C)nc(C(C)(C)C)n1. The molecule has 0 amide bonds. The number of aromatic nitrogens is 2. The normalized spacial score (nSPS) is 12.1. The van der Waals surface area contributed by atoms with Crippen molar-refractivity contribution in [2.75, 3.05) is 30.4 Å². The summed E-state index contributed by atoms with van der Waals surface area (Å²) in [4.78, 5) is 11.8. The summed E-state index contributed by atoms with van der Waals surface area (Å²) in [7, 11) is 1.91. The van der Waals surface area contributed by atoms with E-state index in [0.717, 1.165) is 30.5 Å². The van der Waals surface area contributed by atoms with Crippen molar-refractivity contribution in [3.8, 4) is 0 Å². The van der Waals surface area contributed by atoms with Crippen molar-refractivity contribution in [2.45, 2.75) is 53.9 Å². The maximum atomic E-state index is 4.83. The largest absolute Gasteiger partial charge is 0.373 e. The van der Waals surface area contributed by atoms with Crippen LogP contribution in [0.25, 0.3) is 0 Å². The van der Waals surface area contributed by atoms with Crippen LogP contribution in [0.2, 0.25) is 0 Å². The Morgan fingerprint density at radius 1 is 1.05 bits per heavy atom. The van der Waals surface area contributed by atoms with E-state index in [-0.39, 0.29) is 5.41 Å². The molecule has 0 aromatic carbocycles. The first-order valence-electron chi connectivity index (χ1n) is 7.95. The number of hydrogen-bond acceptors (Lipinski definition) is 4. The number of rotatable bonds is 6. The van der Waals surface area contributed by atoms with Crippen LogP contribution in [0.3, 0.4) is 0 Å². The Hall–Kier alpha value is -1.32. The Balaban J connectivity index is 3.22. The summed E-state index contributed by atoms with van der Waals surface area (Å²) in [5.74, 6) is 4.02. The highest BCUT2D eigenvalue weighted by Crippen LogP contribution is 2.25. The quantitative estimate of drug-likeness (QED) is 0.862. The van der Waals surface area contributed by atoms with Crippen molar-refractivity contribution < 1.29 is 0 Å². The summed E-state index contributed by atoms with van der Waals surface area (Å²) in [6.45, 7) is 17.5. The van der Waals surface area contributed by atoms with Crippen LogP contribution < -0.4 is 10.2 Å². The second-order valence-corrected chi connectivity index (χ2v) is 7.63. The maximum absolute atomic E-state index is 4.83. The molecule has 0 saturated carbocycles. The Morgan fingerprint density at radius 3 is 1.95 bits per heavy atom. The molecule has 0 aliphatic heterocycles.